The number of rotatable bonds is 7. The van der Waals surface area contributed by atoms with Crippen LogP contribution in [0.3, 0.4) is 0 Å². The molecule has 2 aromatic heterocycles. The lowest BCUT2D eigenvalue weighted by Crippen LogP contribution is -2.16. The van der Waals surface area contributed by atoms with Crippen molar-refractivity contribution in [1.82, 2.24) is 14.9 Å². The summed E-state index contributed by atoms with van der Waals surface area (Å²) in [6.07, 6.45) is 1.81. The highest BCUT2D eigenvalue weighted by atomic mass is 79.9. The average molecular weight is 481 g/mol. The van der Waals surface area contributed by atoms with Crippen molar-refractivity contribution < 1.29 is 14.1 Å². The van der Waals surface area contributed by atoms with Crippen LogP contribution < -0.4 is 10.1 Å². The van der Waals surface area contributed by atoms with Gasteiger partial charge in [-0.1, -0.05) is 45.4 Å². The first-order chi connectivity index (χ1) is 15.0. The average Bonchev–Trinajstić information content (AvgIpc) is 3.34. The minimum atomic E-state index is -0.395. The van der Waals surface area contributed by atoms with Gasteiger partial charge in [0.25, 0.3) is 5.91 Å². The molecule has 0 aliphatic heterocycles. The van der Waals surface area contributed by atoms with Crippen LogP contribution in [0.1, 0.15) is 32.9 Å². The molecule has 1 N–H and O–H groups in total. The van der Waals surface area contributed by atoms with Gasteiger partial charge in [-0.3, -0.25) is 9.48 Å². The van der Waals surface area contributed by atoms with Gasteiger partial charge in [0.2, 0.25) is 0 Å². The van der Waals surface area contributed by atoms with Crippen LogP contribution in [-0.2, 0) is 13.2 Å². The van der Waals surface area contributed by atoms with Crippen LogP contribution in [0, 0.1) is 13.8 Å². The molecule has 158 valence electrons. The van der Waals surface area contributed by atoms with E-state index in [0.29, 0.717) is 23.7 Å². The Bertz CT molecular complexity index is 1200. The number of carbonyl (C=O) groups is 1. The van der Waals surface area contributed by atoms with Crippen LogP contribution in [-0.4, -0.2) is 20.8 Å². The maximum absolute atomic E-state index is 12.8. The lowest BCUT2D eigenvalue weighted by Gasteiger charge is -2.07. The Labute approximate surface area is 188 Å². The minimum Gasteiger partial charge on any atom is -0.489 e. The van der Waals surface area contributed by atoms with Crippen molar-refractivity contribution in [3.05, 3.63) is 93.4 Å². The van der Waals surface area contributed by atoms with E-state index >= 15 is 0 Å². The number of aromatic nitrogens is 3. The Hall–Kier alpha value is -3.39. The summed E-state index contributed by atoms with van der Waals surface area (Å²) in [4.78, 5) is 12.8. The second kappa shape index (κ2) is 9.18. The number of hydrogen-bond acceptors (Lipinski definition) is 5. The first-order valence-electron chi connectivity index (χ1n) is 9.72. The second-order valence-corrected chi connectivity index (χ2v) is 8.07. The van der Waals surface area contributed by atoms with Crippen molar-refractivity contribution in [3.8, 4) is 5.75 Å². The molecule has 8 heteroatoms. The van der Waals surface area contributed by atoms with E-state index in [1.807, 2.05) is 61.7 Å². The van der Waals surface area contributed by atoms with Crippen LogP contribution in [0.25, 0.3) is 0 Å². The summed E-state index contributed by atoms with van der Waals surface area (Å²) in [6.45, 7) is 4.53. The highest BCUT2D eigenvalue weighted by Crippen LogP contribution is 2.20. The second-order valence-electron chi connectivity index (χ2n) is 7.15. The van der Waals surface area contributed by atoms with Gasteiger partial charge in [0, 0.05) is 16.7 Å². The van der Waals surface area contributed by atoms with Crippen LogP contribution in [0.5, 0.6) is 5.75 Å². The zero-order valence-corrected chi connectivity index (χ0v) is 18.7. The molecule has 0 atom stereocenters. The molecular weight excluding hydrogens is 460 g/mol. The first kappa shape index (κ1) is 20.9. The number of anilines is 1. The summed E-state index contributed by atoms with van der Waals surface area (Å²) in [5.41, 5.74) is 2.99. The number of nitrogens with one attached hydrogen (secondary N) is 1. The molecule has 2 aromatic carbocycles. The number of nitrogens with zero attached hydrogens (tertiary/aromatic N) is 3. The van der Waals surface area contributed by atoms with Crippen molar-refractivity contribution in [1.29, 1.82) is 0 Å². The van der Waals surface area contributed by atoms with Crippen LogP contribution in [0.2, 0.25) is 0 Å². The first-order valence-corrected chi connectivity index (χ1v) is 10.5. The molecule has 2 heterocycles. The lowest BCUT2D eigenvalue weighted by atomic mass is 10.2. The molecular formula is C23H21BrN4O3. The Morgan fingerprint density at radius 1 is 1.16 bits per heavy atom. The largest absolute Gasteiger partial charge is 0.489 e. The number of aryl methyl sites for hydroxylation is 2. The number of ether oxygens (including phenoxy) is 1. The molecule has 0 spiro atoms. The number of carbonyl (C=O) groups excluding carboxylic acids is 1. The van der Waals surface area contributed by atoms with E-state index in [2.05, 4.69) is 31.5 Å². The maximum atomic E-state index is 12.8. The van der Waals surface area contributed by atoms with Crippen LogP contribution in [0.15, 0.2) is 69.8 Å². The van der Waals surface area contributed by atoms with E-state index in [9.17, 15) is 4.79 Å². The summed E-state index contributed by atoms with van der Waals surface area (Å²) in [5.74, 6) is 1.30. The van der Waals surface area contributed by atoms with Gasteiger partial charge in [0.1, 0.15) is 18.1 Å². The quantitative estimate of drug-likeness (QED) is 0.396. The molecule has 0 aliphatic rings. The summed E-state index contributed by atoms with van der Waals surface area (Å²) < 4.78 is 13.9. The Morgan fingerprint density at radius 3 is 2.74 bits per heavy atom. The molecule has 0 fully saturated rings. The van der Waals surface area contributed by atoms with Gasteiger partial charge in [-0.15, -0.1) is 0 Å². The van der Waals surface area contributed by atoms with E-state index in [1.54, 1.807) is 17.7 Å². The normalized spacial score (nSPS) is 10.8. The summed E-state index contributed by atoms with van der Waals surface area (Å²) in [5, 5.41) is 11.1. The van der Waals surface area contributed by atoms with E-state index in [1.165, 1.54) is 0 Å². The van der Waals surface area contributed by atoms with Gasteiger partial charge in [0.05, 0.1) is 12.1 Å². The zero-order valence-electron chi connectivity index (χ0n) is 17.1. The number of halogens is 1. The Kier molecular flexibility index (Phi) is 6.18. The molecule has 0 aliphatic carbocycles. The molecule has 0 saturated heterocycles. The minimum absolute atomic E-state index is 0.180. The predicted octanol–water partition coefficient (Wildman–Crippen LogP) is 5.13. The summed E-state index contributed by atoms with van der Waals surface area (Å²) in [6, 6.07) is 17.4. The molecule has 7 nitrogen and oxygen atoms in total. The SMILES string of the molecule is Cc1cccc(OCc2c(C(=O)Nc3ccn(Cc4ccc(Br)cc4)n3)noc2C)c1. The lowest BCUT2D eigenvalue weighted by molar-refractivity contribution is 0.101. The van der Waals surface area contributed by atoms with Crippen molar-refractivity contribution in [2.75, 3.05) is 5.32 Å². The van der Waals surface area contributed by atoms with Gasteiger partial charge in [0.15, 0.2) is 11.5 Å². The van der Waals surface area contributed by atoms with E-state index in [-0.39, 0.29) is 12.3 Å². The summed E-state index contributed by atoms with van der Waals surface area (Å²) in [7, 11) is 0. The third-order valence-electron chi connectivity index (χ3n) is 4.71. The van der Waals surface area contributed by atoms with E-state index < -0.39 is 5.91 Å². The number of benzene rings is 2. The Balaban J connectivity index is 1.42. The van der Waals surface area contributed by atoms with Crippen molar-refractivity contribution >= 4 is 27.7 Å². The smallest absolute Gasteiger partial charge is 0.279 e. The van der Waals surface area contributed by atoms with Gasteiger partial charge in [-0.05, 0) is 49.2 Å². The van der Waals surface area contributed by atoms with Gasteiger partial charge >= 0.3 is 0 Å². The highest BCUT2D eigenvalue weighted by Gasteiger charge is 2.21. The van der Waals surface area contributed by atoms with Crippen LogP contribution in [0.4, 0.5) is 5.82 Å². The fraction of sp³-hybridized carbons (Fsp3) is 0.174. The molecule has 4 aromatic rings. The van der Waals surface area contributed by atoms with Gasteiger partial charge < -0.3 is 14.6 Å². The summed E-state index contributed by atoms with van der Waals surface area (Å²) >= 11 is 3.43. The van der Waals surface area contributed by atoms with E-state index in [0.717, 1.165) is 21.3 Å². The van der Waals surface area contributed by atoms with E-state index in [4.69, 9.17) is 9.26 Å². The Morgan fingerprint density at radius 2 is 1.97 bits per heavy atom. The van der Waals surface area contributed by atoms with Crippen LogP contribution >= 0.6 is 15.9 Å². The number of hydrogen-bond donors (Lipinski definition) is 1. The van der Waals surface area contributed by atoms with Crippen molar-refractivity contribution in [2.24, 2.45) is 0 Å². The van der Waals surface area contributed by atoms with Crippen molar-refractivity contribution in [3.63, 3.8) is 0 Å². The predicted molar refractivity (Wildman–Crippen MR) is 120 cm³/mol. The zero-order chi connectivity index (χ0) is 21.8. The molecule has 4 rings (SSSR count). The standard InChI is InChI=1S/C23H21BrN4O3/c1-15-4-3-5-19(12-15)30-14-20-16(2)31-27-22(20)23(29)25-21-10-11-28(26-21)13-17-6-8-18(24)9-7-17/h3-12H,13-14H2,1-2H3,(H,25,26,29). The van der Waals surface area contributed by atoms with Gasteiger partial charge in [-0.25, -0.2) is 0 Å². The number of amides is 1. The van der Waals surface area contributed by atoms with Crippen molar-refractivity contribution in [2.45, 2.75) is 27.0 Å². The van der Waals surface area contributed by atoms with Gasteiger partial charge in [-0.2, -0.15) is 5.10 Å². The third-order valence-corrected chi connectivity index (χ3v) is 5.24. The molecule has 31 heavy (non-hydrogen) atoms. The monoisotopic (exact) mass is 480 g/mol. The fourth-order valence-corrected chi connectivity index (χ4v) is 3.33. The molecule has 0 saturated carbocycles. The molecule has 0 radical (unpaired) electrons. The highest BCUT2D eigenvalue weighted by molar-refractivity contribution is 9.10. The fourth-order valence-electron chi connectivity index (χ4n) is 3.07. The maximum Gasteiger partial charge on any atom is 0.279 e. The molecule has 0 unspecified atom stereocenters. The molecule has 0 bridgehead atoms. The topological polar surface area (TPSA) is 82.2 Å². The molecule has 1 amide bonds. The third kappa shape index (κ3) is 5.21.